The first-order chi connectivity index (χ1) is 15.7. The third-order valence-corrected chi connectivity index (χ3v) is 5.81. The Hall–Kier alpha value is -3.94. The second-order valence-corrected chi connectivity index (χ2v) is 8.09. The first kappa shape index (κ1) is 20.9. The number of aliphatic imine (C=N–C) groups is 2. The quantitative estimate of drug-likeness (QED) is 0.556. The number of urea groups is 1. The van der Waals surface area contributed by atoms with Crippen LogP contribution in [-0.4, -0.2) is 28.8 Å². The molecule has 8 heteroatoms. The molecule has 1 atom stereocenters. The van der Waals surface area contributed by atoms with Crippen LogP contribution in [0.15, 0.2) is 82.8 Å². The fourth-order valence-corrected chi connectivity index (χ4v) is 4.19. The number of carbonyl (C=O) groups excluding carboxylic acids is 1. The van der Waals surface area contributed by atoms with E-state index in [1.165, 1.54) is 12.1 Å². The van der Waals surface area contributed by atoms with Crippen LogP contribution in [0, 0.1) is 13.8 Å². The van der Waals surface area contributed by atoms with Crippen molar-refractivity contribution in [2.45, 2.75) is 25.7 Å². The molecule has 2 aliphatic rings. The number of amides is 2. The van der Waals surface area contributed by atoms with Crippen molar-refractivity contribution in [3.63, 3.8) is 0 Å². The largest absolute Gasteiger partial charge is 0.435 e. The van der Waals surface area contributed by atoms with Crippen LogP contribution in [0.2, 0.25) is 0 Å². The molecule has 0 aromatic heterocycles. The third-order valence-electron chi connectivity index (χ3n) is 5.81. The van der Waals surface area contributed by atoms with Crippen molar-refractivity contribution in [1.82, 2.24) is 10.2 Å². The smallest absolute Gasteiger partial charge is 0.301 e. The minimum atomic E-state index is -4.89. The summed E-state index contributed by atoms with van der Waals surface area (Å²) >= 11 is 0. The highest BCUT2D eigenvalue weighted by molar-refractivity contribution is 6.28. The molecule has 0 saturated heterocycles. The van der Waals surface area contributed by atoms with Gasteiger partial charge in [-0.3, -0.25) is 4.90 Å². The Balaban J connectivity index is 1.83. The summed E-state index contributed by atoms with van der Waals surface area (Å²) in [5, 5.41) is 2.13. The Labute approximate surface area is 188 Å². The van der Waals surface area contributed by atoms with E-state index in [4.69, 9.17) is 0 Å². The number of carbonyl (C=O) groups is 1. The maximum atomic E-state index is 15.0. The summed E-state index contributed by atoms with van der Waals surface area (Å²) in [7, 11) is 0. The van der Waals surface area contributed by atoms with E-state index < -0.39 is 17.9 Å². The maximum Gasteiger partial charge on any atom is 0.435 e. The van der Waals surface area contributed by atoms with E-state index >= 15 is 13.2 Å². The van der Waals surface area contributed by atoms with Gasteiger partial charge in [0, 0.05) is 16.7 Å². The highest BCUT2D eigenvalue weighted by Gasteiger charge is 2.66. The number of alkyl halides is 3. The zero-order chi connectivity index (χ0) is 23.4. The highest BCUT2D eigenvalue weighted by Crippen LogP contribution is 2.47. The van der Waals surface area contributed by atoms with Crippen LogP contribution in [0.4, 0.5) is 23.7 Å². The number of rotatable bonds is 2. The van der Waals surface area contributed by atoms with E-state index in [1.807, 2.05) is 19.1 Å². The van der Waals surface area contributed by atoms with E-state index in [2.05, 4.69) is 15.3 Å². The summed E-state index contributed by atoms with van der Waals surface area (Å²) in [4.78, 5) is 22.1. The molecule has 0 spiro atoms. The molecule has 2 heterocycles. The van der Waals surface area contributed by atoms with Gasteiger partial charge in [-0.2, -0.15) is 18.2 Å². The fraction of sp³-hybridized carbons (Fsp3) is 0.160. The minimum absolute atomic E-state index is 0.0612. The van der Waals surface area contributed by atoms with Crippen LogP contribution in [0.3, 0.4) is 0 Å². The first-order valence-electron chi connectivity index (χ1n) is 10.3. The van der Waals surface area contributed by atoms with Gasteiger partial charge in [0.1, 0.15) is 5.84 Å². The second-order valence-electron chi connectivity index (χ2n) is 8.09. The Morgan fingerprint density at radius 1 is 0.879 bits per heavy atom. The summed E-state index contributed by atoms with van der Waals surface area (Å²) in [5.41, 5.74) is 0.160. The van der Waals surface area contributed by atoms with E-state index in [1.54, 1.807) is 55.5 Å². The second kappa shape index (κ2) is 7.30. The number of benzene rings is 3. The SMILES string of the molecule is Cc1ccc(N=C2c3ccccc3C3=NC(=O)NC(c4ccc(C)cc4)(C(F)(F)F)N32)cc1. The van der Waals surface area contributed by atoms with Crippen molar-refractivity contribution >= 4 is 23.4 Å². The van der Waals surface area contributed by atoms with Gasteiger partial charge in [-0.25, -0.2) is 9.79 Å². The zero-order valence-corrected chi connectivity index (χ0v) is 17.8. The topological polar surface area (TPSA) is 57.1 Å². The number of amidine groups is 2. The molecule has 5 rings (SSSR count). The van der Waals surface area contributed by atoms with Gasteiger partial charge in [0.15, 0.2) is 5.84 Å². The highest BCUT2D eigenvalue weighted by atomic mass is 19.4. The van der Waals surface area contributed by atoms with Crippen LogP contribution in [0.1, 0.15) is 27.8 Å². The summed E-state index contributed by atoms with van der Waals surface area (Å²) in [6.45, 7) is 3.70. The van der Waals surface area contributed by atoms with E-state index in [-0.39, 0.29) is 17.2 Å². The molecule has 2 aliphatic heterocycles. The van der Waals surface area contributed by atoms with E-state index in [0.717, 1.165) is 16.0 Å². The van der Waals surface area contributed by atoms with Gasteiger partial charge in [-0.1, -0.05) is 71.8 Å². The molecule has 0 radical (unpaired) electrons. The van der Waals surface area contributed by atoms with Gasteiger partial charge in [0.2, 0.25) is 5.66 Å². The number of nitrogens with one attached hydrogen (secondary N) is 1. The van der Waals surface area contributed by atoms with Crippen LogP contribution >= 0.6 is 0 Å². The molecule has 5 nitrogen and oxygen atoms in total. The van der Waals surface area contributed by atoms with Crippen molar-refractivity contribution < 1.29 is 18.0 Å². The fourth-order valence-electron chi connectivity index (χ4n) is 4.19. The number of nitrogens with zero attached hydrogens (tertiary/aromatic N) is 3. The Morgan fingerprint density at radius 2 is 1.45 bits per heavy atom. The Kier molecular flexibility index (Phi) is 4.63. The average molecular weight is 448 g/mol. The Bertz CT molecular complexity index is 1310. The molecule has 2 amide bonds. The van der Waals surface area contributed by atoms with Crippen LogP contribution in [-0.2, 0) is 5.66 Å². The summed E-state index contributed by atoms with van der Waals surface area (Å²) in [6, 6.07) is 18.8. The lowest BCUT2D eigenvalue weighted by molar-refractivity contribution is -0.223. The summed E-state index contributed by atoms with van der Waals surface area (Å²) < 4.78 is 45.0. The monoisotopic (exact) mass is 448 g/mol. The summed E-state index contributed by atoms with van der Waals surface area (Å²) in [5.74, 6) is -0.0239. The molecule has 33 heavy (non-hydrogen) atoms. The zero-order valence-electron chi connectivity index (χ0n) is 17.8. The lowest BCUT2D eigenvalue weighted by Gasteiger charge is -2.46. The molecule has 1 N–H and O–H groups in total. The van der Waals surface area contributed by atoms with E-state index in [0.29, 0.717) is 16.8 Å². The van der Waals surface area contributed by atoms with Gasteiger partial charge in [-0.15, -0.1) is 0 Å². The molecule has 1 unspecified atom stereocenters. The standard InChI is InChI=1S/C25H19F3N4O/c1-15-7-11-17(12-8-15)24(25(26,27)28)31-23(33)30-22-20-6-4-3-5-19(20)21(32(22)24)29-18-13-9-16(2)10-14-18/h3-14H,1-2H3,(H,31,33). The molecule has 3 aromatic carbocycles. The van der Waals surface area contributed by atoms with Crippen molar-refractivity contribution in [2.24, 2.45) is 9.98 Å². The van der Waals surface area contributed by atoms with Gasteiger partial charge in [-0.05, 0) is 26.0 Å². The molecular formula is C25H19F3N4O. The molecule has 0 saturated carbocycles. The number of fused-ring (bicyclic) bond motifs is 3. The lowest BCUT2D eigenvalue weighted by Crippen LogP contribution is -2.69. The average Bonchev–Trinajstić information content (AvgIpc) is 3.08. The lowest BCUT2D eigenvalue weighted by atomic mass is 9.94. The van der Waals surface area contributed by atoms with Gasteiger partial charge in [0.05, 0.1) is 5.69 Å². The molecular weight excluding hydrogens is 429 g/mol. The van der Waals surface area contributed by atoms with Gasteiger partial charge < -0.3 is 5.32 Å². The Morgan fingerprint density at radius 3 is 2.06 bits per heavy atom. The van der Waals surface area contributed by atoms with Crippen molar-refractivity contribution in [1.29, 1.82) is 0 Å². The maximum absolute atomic E-state index is 15.0. The predicted molar refractivity (Wildman–Crippen MR) is 120 cm³/mol. The molecule has 0 bridgehead atoms. The molecule has 0 fully saturated rings. The van der Waals surface area contributed by atoms with Crippen LogP contribution < -0.4 is 5.32 Å². The van der Waals surface area contributed by atoms with Crippen molar-refractivity contribution in [2.75, 3.05) is 0 Å². The number of hydrogen-bond acceptors (Lipinski definition) is 2. The third kappa shape index (κ3) is 3.21. The van der Waals surface area contributed by atoms with Crippen LogP contribution in [0.5, 0.6) is 0 Å². The van der Waals surface area contributed by atoms with Gasteiger partial charge in [0.25, 0.3) is 0 Å². The van der Waals surface area contributed by atoms with Crippen molar-refractivity contribution in [3.05, 3.63) is 101 Å². The van der Waals surface area contributed by atoms with E-state index in [9.17, 15) is 4.79 Å². The van der Waals surface area contributed by atoms with Crippen molar-refractivity contribution in [3.8, 4) is 0 Å². The predicted octanol–water partition coefficient (Wildman–Crippen LogP) is 5.58. The molecule has 0 aliphatic carbocycles. The molecule has 166 valence electrons. The number of hydrogen-bond donors (Lipinski definition) is 1. The van der Waals surface area contributed by atoms with Crippen LogP contribution in [0.25, 0.3) is 0 Å². The van der Waals surface area contributed by atoms with Gasteiger partial charge >= 0.3 is 12.2 Å². The normalized spacial score (nSPS) is 20.9. The first-order valence-corrected chi connectivity index (χ1v) is 10.3. The molecule has 3 aromatic rings. The summed E-state index contributed by atoms with van der Waals surface area (Å²) in [6.07, 6.45) is -4.89. The number of aryl methyl sites for hydroxylation is 2. The minimum Gasteiger partial charge on any atom is -0.301 e. The number of halogens is 3.